The average Bonchev–Trinajstić information content (AvgIpc) is 2.94. The van der Waals surface area contributed by atoms with Crippen LogP contribution in [0.4, 0.5) is 27.6 Å². The first-order valence-corrected chi connectivity index (χ1v) is 12.7. The van der Waals surface area contributed by atoms with Gasteiger partial charge in [-0.1, -0.05) is 0 Å². The number of aliphatic hydroxyl groups excluding tert-OH is 1. The number of methoxy groups -OCH3 is 1. The van der Waals surface area contributed by atoms with Crippen LogP contribution in [0.25, 0.3) is 10.9 Å². The van der Waals surface area contributed by atoms with Crippen molar-refractivity contribution in [2.45, 2.75) is 38.5 Å². The first-order chi connectivity index (χ1) is 18.3. The molecule has 38 heavy (non-hydrogen) atoms. The van der Waals surface area contributed by atoms with E-state index in [0.29, 0.717) is 62.1 Å². The normalized spacial score (nSPS) is 16.5. The Bertz CT molecular complexity index is 1220. The molecule has 0 spiro atoms. The summed E-state index contributed by atoms with van der Waals surface area (Å²) in [5, 5.41) is 13.6. The molecule has 1 aliphatic heterocycles. The Balaban J connectivity index is 1.34. The van der Waals surface area contributed by atoms with Gasteiger partial charge in [0.2, 0.25) is 0 Å². The number of benzene rings is 2. The van der Waals surface area contributed by atoms with Gasteiger partial charge in [-0.2, -0.15) is 0 Å². The van der Waals surface area contributed by atoms with Gasteiger partial charge in [-0.05, 0) is 62.4 Å². The maximum atomic E-state index is 15.7. The number of alkyl halides is 2. The van der Waals surface area contributed by atoms with Crippen molar-refractivity contribution >= 4 is 16.6 Å². The van der Waals surface area contributed by atoms with Gasteiger partial charge in [-0.25, -0.2) is 22.0 Å². The highest BCUT2D eigenvalue weighted by molar-refractivity contribution is 5.85. The van der Waals surface area contributed by atoms with E-state index in [1.165, 1.54) is 13.3 Å². The predicted octanol–water partition coefficient (Wildman–Crippen LogP) is 6.11. The summed E-state index contributed by atoms with van der Waals surface area (Å²) in [5.74, 6) is -3.46. The molecule has 3 aromatic rings. The third kappa shape index (κ3) is 6.18. The van der Waals surface area contributed by atoms with Crippen molar-refractivity contribution in [3.05, 3.63) is 65.1 Å². The second-order valence-corrected chi connectivity index (χ2v) is 9.90. The molecule has 4 rings (SSSR count). The molecule has 206 valence electrons. The van der Waals surface area contributed by atoms with Crippen LogP contribution in [0.5, 0.6) is 5.75 Å². The average molecular weight is 538 g/mol. The number of nitrogens with zero attached hydrogens (tertiary/aromatic N) is 2. The molecular weight excluding hydrogens is 505 g/mol. The van der Waals surface area contributed by atoms with E-state index in [0.717, 1.165) is 12.1 Å². The molecule has 5 nitrogen and oxygen atoms in total. The number of pyridine rings is 1. The fourth-order valence-corrected chi connectivity index (χ4v) is 5.17. The van der Waals surface area contributed by atoms with Crippen molar-refractivity contribution in [1.29, 1.82) is 0 Å². The molecular formula is C28H32F5N3O2. The van der Waals surface area contributed by atoms with Crippen LogP contribution in [0.15, 0.2) is 36.5 Å². The topological polar surface area (TPSA) is 57.6 Å². The summed E-state index contributed by atoms with van der Waals surface area (Å²) in [6.45, 7) is 1.39. The Kier molecular flexibility index (Phi) is 9.04. The lowest BCUT2D eigenvalue weighted by Gasteiger charge is -2.41. The van der Waals surface area contributed by atoms with E-state index in [1.54, 1.807) is 18.2 Å². The van der Waals surface area contributed by atoms with Gasteiger partial charge >= 0.3 is 0 Å². The SMILES string of the molecule is COc1ccc2ncc(CF)c([C@H](F)CCC3(CO)CCN(CCNc4cc(F)c(F)c(F)c4)CC3)c2c1. The fourth-order valence-electron chi connectivity index (χ4n) is 5.17. The highest BCUT2D eigenvalue weighted by atomic mass is 19.2. The number of aliphatic hydroxyl groups is 1. The second-order valence-electron chi connectivity index (χ2n) is 9.90. The number of fused-ring (bicyclic) bond motifs is 1. The van der Waals surface area contributed by atoms with Crippen molar-refractivity contribution in [3.8, 4) is 5.75 Å². The molecule has 0 amide bonds. The number of anilines is 1. The number of hydrogen-bond donors (Lipinski definition) is 2. The minimum atomic E-state index is -1.50. The number of ether oxygens (including phenoxy) is 1. The highest BCUT2D eigenvalue weighted by Crippen LogP contribution is 2.41. The van der Waals surface area contributed by atoms with Crippen molar-refractivity contribution in [2.24, 2.45) is 5.41 Å². The van der Waals surface area contributed by atoms with E-state index in [1.807, 2.05) is 0 Å². The van der Waals surface area contributed by atoms with E-state index in [2.05, 4.69) is 15.2 Å². The number of aromatic nitrogens is 1. The molecule has 1 atom stereocenters. The second kappa shape index (κ2) is 12.3. The number of nitrogens with one attached hydrogen (secondary N) is 1. The summed E-state index contributed by atoms with van der Waals surface area (Å²) in [7, 11) is 1.51. The van der Waals surface area contributed by atoms with Gasteiger partial charge in [0, 0.05) is 60.2 Å². The Morgan fingerprint density at radius 2 is 1.84 bits per heavy atom. The number of piperidine rings is 1. The van der Waals surface area contributed by atoms with E-state index in [4.69, 9.17) is 4.74 Å². The summed E-state index contributed by atoms with van der Waals surface area (Å²) in [6.07, 6.45) is 1.81. The predicted molar refractivity (Wildman–Crippen MR) is 136 cm³/mol. The zero-order valence-corrected chi connectivity index (χ0v) is 21.3. The van der Waals surface area contributed by atoms with Crippen LogP contribution in [0, 0.1) is 22.9 Å². The number of rotatable bonds is 11. The first kappa shape index (κ1) is 28.0. The summed E-state index contributed by atoms with van der Waals surface area (Å²) in [6, 6.07) is 6.94. The maximum Gasteiger partial charge on any atom is 0.194 e. The molecule has 0 saturated carbocycles. The van der Waals surface area contributed by atoms with Gasteiger partial charge in [0.25, 0.3) is 0 Å². The zero-order valence-electron chi connectivity index (χ0n) is 21.3. The van der Waals surface area contributed by atoms with Crippen molar-refractivity contribution < 1.29 is 31.8 Å². The zero-order chi connectivity index (χ0) is 27.3. The van der Waals surface area contributed by atoms with E-state index in [9.17, 15) is 22.7 Å². The van der Waals surface area contributed by atoms with Crippen molar-refractivity contribution in [1.82, 2.24) is 9.88 Å². The monoisotopic (exact) mass is 537 g/mol. The van der Waals surface area contributed by atoms with Crippen LogP contribution in [0.2, 0.25) is 0 Å². The summed E-state index contributed by atoms with van der Waals surface area (Å²) >= 11 is 0. The Morgan fingerprint density at radius 1 is 1.13 bits per heavy atom. The fraction of sp³-hybridized carbons (Fsp3) is 0.464. The number of hydrogen-bond acceptors (Lipinski definition) is 5. The van der Waals surface area contributed by atoms with E-state index in [-0.39, 0.29) is 29.8 Å². The molecule has 0 aliphatic carbocycles. The largest absolute Gasteiger partial charge is 0.497 e. The van der Waals surface area contributed by atoms with Gasteiger partial charge in [0.15, 0.2) is 17.5 Å². The van der Waals surface area contributed by atoms with Crippen LogP contribution < -0.4 is 10.1 Å². The summed E-state index contributed by atoms with van der Waals surface area (Å²) in [5.41, 5.74) is 0.756. The molecule has 1 fully saturated rings. The Labute approximate surface area is 218 Å². The molecule has 2 N–H and O–H groups in total. The third-order valence-corrected chi connectivity index (χ3v) is 7.58. The molecule has 2 aromatic carbocycles. The van der Waals surface area contributed by atoms with Crippen LogP contribution >= 0.6 is 0 Å². The third-order valence-electron chi connectivity index (χ3n) is 7.58. The molecule has 0 bridgehead atoms. The van der Waals surface area contributed by atoms with Crippen molar-refractivity contribution in [3.63, 3.8) is 0 Å². The quantitative estimate of drug-likeness (QED) is 0.228. The molecule has 1 saturated heterocycles. The lowest BCUT2D eigenvalue weighted by Crippen LogP contribution is -2.43. The van der Waals surface area contributed by atoms with Crippen molar-refractivity contribution in [2.75, 3.05) is 45.2 Å². The van der Waals surface area contributed by atoms with Crippen LogP contribution in [-0.2, 0) is 6.67 Å². The van der Waals surface area contributed by atoms with E-state index < -0.39 is 35.7 Å². The minimum Gasteiger partial charge on any atom is -0.497 e. The lowest BCUT2D eigenvalue weighted by molar-refractivity contribution is 0.0315. The van der Waals surface area contributed by atoms with Gasteiger partial charge < -0.3 is 20.1 Å². The molecule has 2 heterocycles. The van der Waals surface area contributed by atoms with Gasteiger partial charge in [0.1, 0.15) is 18.6 Å². The van der Waals surface area contributed by atoms with Gasteiger partial charge in [0.05, 0.1) is 12.6 Å². The van der Waals surface area contributed by atoms with Crippen LogP contribution in [0.1, 0.15) is 43.0 Å². The maximum absolute atomic E-state index is 15.7. The Morgan fingerprint density at radius 3 is 2.47 bits per heavy atom. The minimum absolute atomic E-state index is 0.0825. The summed E-state index contributed by atoms with van der Waals surface area (Å²) < 4.78 is 74.6. The highest BCUT2D eigenvalue weighted by Gasteiger charge is 2.35. The smallest absolute Gasteiger partial charge is 0.194 e. The molecule has 0 unspecified atom stereocenters. The first-order valence-electron chi connectivity index (χ1n) is 12.7. The molecule has 10 heteroatoms. The summed E-state index contributed by atoms with van der Waals surface area (Å²) in [4.78, 5) is 6.39. The molecule has 1 aromatic heterocycles. The standard InChI is InChI=1S/C28H32F5N3O2/c1-38-20-2-3-25-21(14-20)26(18(15-29)16-35-25)22(30)4-5-28(17-37)6-9-36(10-7-28)11-8-34-19-12-23(31)27(33)24(32)13-19/h2-3,12-14,16,22,34,37H,4-11,15,17H2,1H3/t22-/m1/s1. The van der Waals surface area contributed by atoms with Gasteiger partial charge in [-0.15, -0.1) is 0 Å². The Hall–Kier alpha value is -2.98. The van der Waals surface area contributed by atoms with E-state index >= 15 is 4.39 Å². The molecule has 0 radical (unpaired) electrons. The van der Waals surface area contributed by atoms with Crippen LogP contribution in [-0.4, -0.2) is 54.9 Å². The van der Waals surface area contributed by atoms with Gasteiger partial charge in [-0.3, -0.25) is 4.98 Å². The number of halogens is 5. The lowest BCUT2D eigenvalue weighted by atomic mass is 9.74. The molecule has 1 aliphatic rings. The number of likely N-dealkylation sites (tertiary alicyclic amines) is 1. The van der Waals surface area contributed by atoms with Crippen LogP contribution in [0.3, 0.4) is 0 Å².